The van der Waals surface area contributed by atoms with E-state index in [1.807, 2.05) is 19.1 Å². The summed E-state index contributed by atoms with van der Waals surface area (Å²) in [5.41, 5.74) is 7.59. The quantitative estimate of drug-likeness (QED) is 0.673. The largest absolute Gasteiger partial charge is 0.472 e. The lowest BCUT2D eigenvalue weighted by atomic mass is 10.1. The fraction of sp³-hybridized carbons (Fsp3) is 0.250. The second-order valence-corrected chi connectivity index (χ2v) is 2.13. The van der Waals surface area contributed by atoms with Gasteiger partial charge in [-0.2, -0.15) is 0 Å². The van der Waals surface area contributed by atoms with E-state index >= 15 is 0 Å². The number of furan rings is 1. The highest BCUT2D eigenvalue weighted by atomic mass is 16.3. The summed E-state index contributed by atoms with van der Waals surface area (Å²) < 4.78 is 4.90. The van der Waals surface area contributed by atoms with Crippen LogP contribution in [0.15, 0.2) is 29.1 Å². The molecule has 0 radical (unpaired) electrons. The lowest BCUT2D eigenvalue weighted by Crippen LogP contribution is -1.93. The Labute approximate surface area is 60.3 Å². The monoisotopic (exact) mass is 137 g/mol. The molecule has 0 bridgehead atoms. The van der Waals surface area contributed by atoms with Crippen LogP contribution in [0.25, 0.3) is 5.57 Å². The molecule has 0 aliphatic heterocycles. The molecule has 0 amide bonds. The first-order valence-electron chi connectivity index (χ1n) is 3.24. The molecule has 0 atom stereocenters. The van der Waals surface area contributed by atoms with E-state index in [1.54, 1.807) is 12.5 Å². The molecule has 0 saturated carbocycles. The van der Waals surface area contributed by atoms with E-state index in [0.29, 0.717) is 6.54 Å². The second-order valence-electron chi connectivity index (χ2n) is 2.13. The van der Waals surface area contributed by atoms with Crippen molar-refractivity contribution < 1.29 is 4.42 Å². The van der Waals surface area contributed by atoms with Crippen molar-refractivity contribution >= 4 is 5.57 Å². The molecule has 2 N–H and O–H groups in total. The molecule has 0 aliphatic rings. The van der Waals surface area contributed by atoms with E-state index < -0.39 is 0 Å². The molecule has 0 saturated heterocycles. The Morgan fingerprint density at radius 1 is 1.80 bits per heavy atom. The van der Waals surface area contributed by atoms with Crippen molar-refractivity contribution in [3.8, 4) is 0 Å². The SMILES string of the molecule is CC(=CCN)c1ccoc1. The standard InChI is InChI=1S/C8H11NO/c1-7(2-4-9)8-3-5-10-6-8/h2-3,5-6H,4,9H2,1H3. The number of rotatable bonds is 2. The Morgan fingerprint density at radius 3 is 3.10 bits per heavy atom. The number of allylic oxidation sites excluding steroid dienone is 1. The van der Waals surface area contributed by atoms with Crippen LogP contribution in [0.4, 0.5) is 0 Å². The Hall–Kier alpha value is -1.02. The van der Waals surface area contributed by atoms with Crippen LogP contribution in [0, 0.1) is 0 Å². The van der Waals surface area contributed by atoms with Crippen LogP contribution >= 0.6 is 0 Å². The zero-order chi connectivity index (χ0) is 7.40. The Kier molecular flexibility index (Phi) is 2.29. The van der Waals surface area contributed by atoms with Crippen LogP contribution in [-0.2, 0) is 0 Å². The summed E-state index contributed by atoms with van der Waals surface area (Å²) in [6, 6.07) is 1.92. The summed E-state index contributed by atoms with van der Waals surface area (Å²) in [6.07, 6.45) is 5.33. The van der Waals surface area contributed by atoms with Crippen molar-refractivity contribution in [2.24, 2.45) is 5.73 Å². The predicted octanol–water partition coefficient (Wildman–Crippen LogP) is 1.64. The highest BCUT2D eigenvalue weighted by molar-refractivity contribution is 5.62. The van der Waals surface area contributed by atoms with Gasteiger partial charge in [0, 0.05) is 12.1 Å². The minimum absolute atomic E-state index is 0.580. The molecule has 0 spiro atoms. The van der Waals surface area contributed by atoms with Gasteiger partial charge in [0.05, 0.1) is 12.5 Å². The van der Waals surface area contributed by atoms with Gasteiger partial charge in [-0.25, -0.2) is 0 Å². The Morgan fingerprint density at radius 2 is 2.60 bits per heavy atom. The normalized spacial score (nSPS) is 12.0. The molecule has 2 nitrogen and oxygen atoms in total. The Balaban J connectivity index is 2.77. The Bertz CT molecular complexity index is 211. The van der Waals surface area contributed by atoms with Crippen LogP contribution in [0.3, 0.4) is 0 Å². The molecule has 1 aromatic rings. The van der Waals surface area contributed by atoms with E-state index in [-0.39, 0.29) is 0 Å². The van der Waals surface area contributed by atoms with Gasteiger partial charge < -0.3 is 10.2 Å². The van der Waals surface area contributed by atoms with Crippen LogP contribution in [0.5, 0.6) is 0 Å². The van der Waals surface area contributed by atoms with Crippen molar-refractivity contribution in [2.45, 2.75) is 6.92 Å². The third-order valence-electron chi connectivity index (χ3n) is 1.40. The smallest absolute Gasteiger partial charge is 0.0977 e. The summed E-state index contributed by atoms with van der Waals surface area (Å²) in [5, 5.41) is 0. The maximum absolute atomic E-state index is 5.33. The summed E-state index contributed by atoms with van der Waals surface area (Å²) in [7, 11) is 0. The molecule has 0 unspecified atom stereocenters. The zero-order valence-electron chi connectivity index (χ0n) is 6.00. The van der Waals surface area contributed by atoms with Crippen molar-refractivity contribution in [1.29, 1.82) is 0 Å². The van der Waals surface area contributed by atoms with Crippen molar-refractivity contribution in [3.05, 3.63) is 30.2 Å². The molecular formula is C8H11NO. The highest BCUT2D eigenvalue weighted by Gasteiger charge is 1.93. The van der Waals surface area contributed by atoms with Crippen molar-refractivity contribution in [2.75, 3.05) is 6.54 Å². The van der Waals surface area contributed by atoms with Crippen LogP contribution < -0.4 is 5.73 Å². The third-order valence-corrected chi connectivity index (χ3v) is 1.40. The molecule has 2 heteroatoms. The predicted molar refractivity (Wildman–Crippen MR) is 41.4 cm³/mol. The number of nitrogens with two attached hydrogens (primary N) is 1. The van der Waals surface area contributed by atoms with Crippen molar-refractivity contribution in [1.82, 2.24) is 0 Å². The van der Waals surface area contributed by atoms with Crippen LogP contribution in [0.2, 0.25) is 0 Å². The van der Waals surface area contributed by atoms with Crippen molar-refractivity contribution in [3.63, 3.8) is 0 Å². The molecule has 1 rings (SSSR count). The topological polar surface area (TPSA) is 39.2 Å². The second kappa shape index (κ2) is 3.22. The van der Waals surface area contributed by atoms with Gasteiger partial charge in [0.15, 0.2) is 0 Å². The van der Waals surface area contributed by atoms with E-state index in [4.69, 9.17) is 10.2 Å². The average Bonchev–Trinajstić information content (AvgIpc) is 2.38. The number of hydrogen-bond donors (Lipinski definition) is 1. The van der Waals surface area contributed by atoms with Gasteiger partial charge in [0.25, 0.3) is 0 Å². The first kappa shape index (κ1) is 7.09. The summed E-state index contributed by atoms with van der Waals surface area (Å²) in [5.74, 6) is 0. The maximum Gasteiger partial charge on any atom is 0.0977 e. The van der Waals surface area contributed by atoms with E-state index in [0.717, 1.165) is 11.1 Å². The molecular weight excluding hydrogens is 126 g/mol. The molecule has 0 aromatic carbocycles. The summed E-state index contributed by atoms with van der Waals surface area (Å²) in [6.45, 7) is 2.59. The molecule has 0 fully saturated rings. The summed E-state index contributed by atoms with van der Waals surface area (Å²) in [4.78, 5) is 0. The van der Waals surface area contributed by atoms with Gasteiger partial charge >= 0.3 is 0 Å². The third kappa shape index (κ3) is 1.48. The number of hydrogen-bond acceptors (Lipinski definition) is 2. The van der Waals surface area contributed by atoms with Crippen LogP contribution in [-0.4, -0.2) is 6.54 Å². The minimum Gasteiger partial charge on any atom is -0.472 e. The van der Waals surface area contributed by atoms with Gasteiger partial charge in [0.2, 0.25) is 0 Å². The maximum atomic E-state index is 5.33. The van der Waals surface area contributed by atoms with Gasteiger partial charge in [-0.15, -0.1) is 0 Å². The van der Waals surface area contributed by atoms with E-state index in [1.165, 1.54) is 0 Å². The van der Waals surface area contributed by atoms with Gasteiger partial charge in [-0.05, 0) is 18.6 Å². The van der Waals surface area contributed by atoms with Gasteiger partial charge in [0.1, 0.15) is 0 Å². The molecule has 1 heterocycles. The van der Waals surface area contributed by atoms with Gasteiger partial charge in [-0.1, -0.05) is 6.08 Å². The van der Waals surface area contributed by atoms with Gasteiger partial charge in [-0.3, -0.25) is 0 Å². The fourth-order valence-electron chi connectivity index (χ4n) is 0.783. The first-order valence-corrected chi connectivity index (χ1v) is 3.24. The molecule has 10 heavy (non-hydrogen) atoms. The molecule has 54 valence electrons. The lowest BCUT2D eigenvalue weighted by Gasteiger charge is -1.92. The molecule has 1 aromatic heterocycles. The minimum atomic E-state index is 0.580. The average molecular weight is 137 g/mol. The first-order chi connectivity index (χ1) is 4.84. The van der Waals surface area contributed by atoms with Crippen LogP contribution in [0.1, 0.15) is 12.5 Å². The zero-order valence-corrected chi connectivity index (χ0v) is 6.00. The summed E-state index contributed by atoms with van der Waals surface area (Å²) >= 11 is 0. The lowest BCUT2D eigenvalue weighted by molar-refractivity contribution is 0.566. The highest BCUT2D eigenvalue weighted by Crippen LogP contribution is 2.12. The fourth-order valence-corrected chi connectivity index (χ4v) is 0.783. The van der Waals surface area contributed by atoms with E-state index in [9.17, 15) is 0 Å². The molecule has 0 aliphatic carbocycles. The van der Waals surface area contributed by atoms with E-state index in [2.05, 4.69) is 0 Å².